The Morgan fingerprint density at radius 2 is 2.00 bits per heavy atom. The lowest BCUT2D eigenvalue weighted by molar-refractivity contribution is 0.0527. The molecule has 1 fully saturated rings. The third kappa shape index (κ3) is 3.15. The van der Waals surface area contributed by atoms with E-state index in [4.69, 9.17) is 14.2 Å². The summed E-state index contributed by atoms with van der Waals surface area (Å²) in [6, 6.07) is 4.91. The number of esters is 1. The Labute approximate surface area is 143 Å². The van der Waals surface area contributed by atoms with Gasteiger partial charge in [0.15, 0.2) is 11.5 Å². The van der Waals surface area contributed by atoms with Crippen LogP contribution in [0.2, 0.25) is 0 Å². The van der Waals surface area contributed by atoms with Gasteiger partial charge in [0.05, 0.1) is 12.1 Å². The first-order valence-electron chi connectivity index (χ1n) is 8.13. The van der Waals surface area contributed by atoms with Crippen LogP contribution in [0.5, 0.6) is 11.5 Å². The molecule has 25 heavy (non-hydrogen) atoms. The quantitative estimate of drug-likeness (QED) is 0.827. The van der Waals surface area contributed by atoms with E-state index >= 15 is 0 Å². The van der Waals surface area contributed by atoms with Gasteiger partial charge in [-0.25, -0.2) is 14.6 Å². The van der Waals surface area contributed by atoms with E-state index < -0.39 is 5.97 Å². The fraction of sp³-hybridized carbons (Fsp3) is 0.353. The predicted molar refractivity (Wildman–Crippen MR) is 89.0 cm³/mol. The first-order chi connectivity index (χ1) is 12.1. The summed E-state index contributed by atoms with van der Waals surface area (Å²) in [4.78, 5) is 28.7. The topological polar surface area (TPSA) is 98.8 Å². The van der Waals surface area contributed by atoms with Crippen LogP contribution in [0.25, 0.3) is 10.9 Å². The van der Waals surface area contributed by atoms with Crippen molar-refractivity contribution >= 4 is 28.7 Å². The minimum absolute atomic E-state index is 0.144. The first-order valence-corrected chi connectivity index (χ1v) is 8.13. The zero-order chi connectivity index (χ0) is 17.4. The highest BCUT2D eigenvalue weighted by molar-refractivity contribution is 6.03. The molecular weight excluding hydrogens is 326 g/mol. The van der Waals surface area contributed by atoms with Gasteiger partial charge in [-0.1, -0.05) is 0 Å². The van der Waals surface area contributed by atoms with Gasteiger partial charge in [-0.3, -0.25) is 5.32 Å². The third-order valence-corrected chi connectivity index (χ3v) is 3.95. The van der Waals surface area contributed by atoms with Gasteiger partial charge in [0.1, 0.15) is 11.4 Å². The molecule has 1 aromatic heterocycles. The molecule has 8 heteroatoms. The summed E-state index contributed by atoms with van der Waals surface area (Å²) in [7, 11) is 0. The summed E-state index contributed by atoms with van der Waals surface area (Å²) in [5.41, 5.74) is 0.776. The van der Waals surface area contributed by atoms with Crippen molar-refractivity contribution in [2.75, 3.05) is 18.7 Å². The van der Waals surface area contributed by atoms with Crippen molar-refractivity contribution in [2.45, 2.75) is 25.8 Å². The maximum Gasteiger partial charge on any atom is 0.341 e. The number of nitrogens with one attached hydrogen (secondary N) is 2. The molecule has 2 heterocycles. The molecule has 1 aliphatic heterocycles. The Bertz CT molecular complexity index is 863. The van der Waals surface area contributed by atoms with Crippen molar-refractivity contribution in [3.63, 3.8) is 0 Å². The number of pyridine rings is 1. The number of fused-ring (bicyclic) bond motifs is 2. The summed E-state index contributed by atoms with van der Waals surface area (Å²) < 4.78 is 15.8. The molecule has 0 spiro atoms. The number of anilines is 1. The van der Waals surface area contributed by atoms with Crippen molar-refractivity contribution in [3.05, 3.63) is 23.8 Å². The molecule has 2 aromatic rings. The number of benzene rings is 1. The number of urea groups is 1. The van der Waals surface area contributed by atoms with E-state index in [1.807, 2.05) is 0 Å². The van der Waals surface area contributed by atoms with Crippen LogP contribution in [0.15, 0.2) is 18.2 Å². The minimum Gasteiger partial charge on any atom is -0.462 e. The van der Waals surface area contributed by atoms with Crippen molar-refractivity contribution in [1.29, 1.82) is 0 Å². The molecule has 0 saturated heterocycles. The molecule has 1 aromatic carbocycles. The number of aromatic nitrogens is 1. The summed E-state index contributed by atoms with van der Waals surface area (Å²) in [6.07, 6.45) is 1.93. The number of hydrogen-bond donors (Lipinski definition) is 2. The smallest absolute Gasteiger partial charge is 0.341 e. The van der Waals surface area contributed by atoms with Crippen LogP contribution < -0.4 is 20.1 Å². The molecule has 4 rings (SSSR count). The van der Waals surface area contributed by atoms with Gasteiger partial charge in [-0.15, -0.1) is 0 Å². The van der Waals surface area contributed by atoms with Gasteiger partial charge in [0.25, 0.3) is 0 Å². The van der Waals surface area contributed by atoms with Crippen LogP contribution in [-0.4, -0.2) is 36.4 Å². The maximum absolute atomic E-state index is 12.3. The van der Waals surface area contributed by atoms with Crippen LogP contribution >= 0.6 is 0 Å². The molecule has 1 saturated carbocycles. The second-order valence-corrected chi connectivity index (χ2v) is 5.88. The Morgan fingerprint density at radius 1 is 1.24 bits per heavy atom. The molecule has 0 radical (unpaired) electrons. The number of carbonyl (C=O) groups excluding carboxylic acids is 2. The summed E-state index contributed by atoms with van der Waals surface area (Å²) >= 11 is 0. The van der Waals surface area contributed by atoms with E-state index in [-0.39, 0.29) is 36.9 Å². The van der Waals surface area contributed by atoms with Crippen molar-refractivity contribution in [1.82, 2.24) is 10.3 Å². The third-order valence-electron chi connectivity index (χ3n) is 3.95. The molecule has 8 nitrogen and oxygen atoms in total. The summed E-state index contributed by atoms with van der Waals surface area (Å²) in [5.74, 6) is 0.785. The van der Waals surface area contributed by atoms with Crippen LogP contribution in [0.3, 0.4) is 0 Å². The van der Waals surface area contributed by atoms with Gasteiger partial charge in [-0.05, 0) is 31.9 Å². The van der Waals surface area contributed by atoms with Gasteiger partial charge >= 0.3 is 12.0 Å². The molecule has 2 amide bonds. The SMILES string of the molecule is CCOC(=O)c1cc2cc3c(cc2nc1NC(=O)NC1CC1)OCO3. The van der Waals surface area contributed by atoms with Crippen molar-refractivity contribution in [3.8, 4) is 11.5 Å². The Kier molecular flexibility index (Phi) is 3.79. The largest absolute Gasteiger partial charge is 0.462 e. The molecule has 1 aliphatic carbocycles. The predicted octanol–water partition coefficient (Wildman–Crippen LogP) is 2.42. The lowest BCUT2D eigenvalue weighted by atomic mass is 10.1. The van der Waals surface area contributed by atoms with Crippen molar-refractivity contribution < 1.29 is 23.8 Å². The second-order valence-electron chi connectivity index (χ2n) is 5.88. The molecule has 2 N–H and O–H groups in total. The van der Waals surface area contributed by atoms with E-state index in [1.54, 1.807) is 25.1 Å². The van der Waals surface area contributed by atoms with Gasteiger partial charge in [0.2, 0.25) is 6.79 Å². The molecule has 0 bridgehead atoms. The van der Waals surface area contributed by atoms with Crippen LogP contribution in [0, 0.1) is 0 Å². The molecule has 0 unspecified atom stereocenters. The number of amides is 2. The molecule has 2 aliphatic rings. The molecule has 130 valence electrons. The lowest BCUT2D eigenvalue weighted by Gasteiger charge is -2.12. The number of carbonyl (C=O) groups is 2. The Morgan fingerprint density at radius 3 is 2.72 bits per heavy atom. The second kappa shape index (κ2) is 6.12. The molecule has 0 atom stereocenters. The Balaban J connectivity index is 1.73. The van der Waals surface area contributed by atoms with Crippen LogP contribution in [0.4, 0.5) is 10.6 Å². The zero-order valence-corrected chi connectivity index (χ0v) is 13.6. The first kappa shape index (κ1) is 15.5. The maximum atomic E-state index is 12.3. The van der Waals surface area contributed by atoms with E-state index in [2.05, 4.69) is 15.6 Å². The fourth-order valence-electron chi connectivity index (χ4n) is 2.58. The number of rotatable bonds is 4. The molecular formula is C17H17N3O5. The highest BCUT2D eigenvalue weighted by Gasteiger charge is 2.25. The van der Waals surface area contributed by atoms with Gasteiger partial charge < -0.3 is 19.5 Å². The van der Waals surface area contributed by atoms with Gasteiger partial charge in [-0.2, -0.15) is 0 Å². The highest BCUT2D eigenvalue weighted by Crippen LogP contribution is 2.36. The Hall–Kier alpha value is -3.03. The fourth-order valence-corrected chi connectivity index (χ4v) is 2.58. The van der Waals surface area contributed by atoms with E-state index in [9.17, 15) is 9.59 Å². The average molecular weight is 343 g/mol. The lowest BCUT2D eigenvalue weighted by Crippen LogP contribution is -2.31. The summed E-state index contributed by atoms with van der Waals surface area (Å²) in [6.45, 7) is 2.09. The zero-order valence-electron chi connectivity index (χ0n) is 13.6. The normalized spacial score (nSPS) is 15.1. The monoisotopic (exact) mass is 343 g/mol. The average Bonchev–Trinajstić information content (AvgIpc) is 3.27. The highest BCUT2D eigenvalue weighted by atomic mass is 16.7. The van der Waals surface area contributed by atoms with Crippen LogP contribution in [-0.2, 0) is 4.74 Å². The number of hydrogen-bond acceptors (Lipinski definition) is 6. The van der Waals surface area contributed by atoms with Crippen LogP contribution in [0.1, 0.15) is 30.1 Å². The van der Waals surface area contributed by atoms with E-state index in [0.29, 0.717) is 22.4 Å². The number of nitrogens with zero attached hydrogens (tertiary/aromatic N) is 1. The van der Waals surface area contributed by atoms with Crippen molar-refractivity contribution in [2.24, 2.45) is 0 Å². The van der Waals surface area contributed by atoms with Gasteiger partial charge in [0, 0.05) is 17.5 Å². The number of ether oxygens (including phenoxy) is 3. The van der Waals surface area contributed by atoms with E-state index in [1.165, 1.54) is 0 Å². The minimum atomic E-state index is -0.545. The van der Waals surface area contributed by atoms with E-state index in [0.717, 1.165) is 12.8 Å². The standard InChI is InChI=1S/C17H17N3O5/c1-2-23-16(21)11-5-9-6-13-14(25-8-24-13)7-12(9)19-15(11)20-17(22)18-10-3-4-10/h5-7,10H,2-4,8H2,1H3,(H2,18,19,20,22). The summed E-state index contributed by atoms with van der Waals surface area (Å²) in [5, 5.41) is 6.15.